The number of carbonyl (C=O) groups is 2. The van der Waals surface area contributed by atoms with Crippen LogP contribution in [0, 0.1) is 6.92 Å². The first kappa shape index (κ1) is 16.6. The lowest BCUT2D eigenvalue weighted by atomic mass is 10.2. The molecule has 4 nitrogen and oxygen atoms in total. The van der Waals surface area contributed by atoms with Crippen molar-refractivity contribution in [1.29, 1.82) is 0 Å². The topological polar surface area (TPSA) is 58.2 Å². The van der Waals surface area contributed by atoms with Crippen LogP contribution in [0.15, 0.2) is 36.4 Å². The number of carbonyl (C=O) groups excluding carboxylic acids is 2. The maximum Gasteiger partial charge on any atom is 0.326 e. The number of aryl methyl sites for hydroxylation is 1. The highest BCUT2D eigenvalue weighted by Crippen LogP contribution is 2.24. The lowest BCUT2D eigenvalue weighted by Gasteiger charge is -2.10. The van der Waals surface area contributed by atoms with E-state index < -0.39 is 11.9 Å². The van der Waals surface area contributed by atoms with Crippen LogP contribution < -0.4 is 10.6 Å². The van der Waals surface area contributed by atoms with Crippen molar-refractivity contribution in [3.05, 3.63) is 62.6 Å². The van der Waals surface area contributed by atoms with E-state index in [2.05, 4.69) is 10.6 Å². The van der Waals surface area contributed by atoms with Crippen LogP contribution in [-0.2, 0) is 0 Å². The van der Waals surface area contributed by atoms with E-state index in [9.17, 15) is 9.59 Å². The summed E-state index contributed by atoms with van der Waals surface area (Å²) < 4.78 is 0. The maximum atomic E-state index is 12.1. The summed E-state index contributed by atoms with van der Waals surface area (Å²) in [6, 6.07) is 8.93. The monoisotopic (exact) mass is 356 g/mol. The molecule has 0 aromatic heterocycles. The van der Waals surface area contributed by atoms with Crippen molar-refractivity contribution in [3.8, 4) is 0 Å². The standard InChI is InChI=1S/C15H11Cl3N2O2/c1-8-7-9(16)5-6-12(8)19-15(22)20-14(21)13-10(17)3-2-4-11(13)18/h2-7H,1H3,(H2,19,20,21,22). The fourth-order valence-corrected chi connectivity index (χ4v) is 2.60. The van der Waals surface area contributed by atoms with E-state index in [1.165, 1.54) is 12.1 Å². The van der Waals surface area contributed by atoms with Crippen LogP contribution in [0.4, 0.5) is 10.5 Å². The Bertz CT molecular complexity index is 727. The summed E-state index contributed by atoms with van der Waals surface area (Å²) in [5.74, 6) is -0.681. The second kappa shape index (κ2) is 7.01. The van der Waals surface area contributed by atoms with Gasteiger partial charge in [-0.15, -0.1) is 0 Å². The van der Waals surface area contributed by atoms with Crippen molar-refractivity contribution < 1.29 is 9.59 Å². The van der Waals surface area contributed by atoms with Crippen molar-refractivity contribution in [2.24, 2.45) is 0 Å². The minimum Gasteiger partial charge on any atom is -0.307 e. The summed E-state index contributed by atoms with van der Waals surface area (Å²) >= 11 is 17.7. The molecule has 0 saturated carbocycles. The third-order valence-electron chi connectivity index (χ3n) is 2.85. The molecule has 0 atom stereocenters. The van der Waals surface area contributed by atoms with Gasteiger partial charge >= 0.3 is 6.03 Å². The average Bonchev–Trinajstić information content (AvgIpc) is 2.41. The molecule has 0 radical (unpaired) electrons. The van der Waals surface area contributed by atoms with Crippen LogP contribution in [0.5, 0.6) is 0 Å². The second-order valence-corrected chi connectivity index (χ2v) is 5.71. The molecule has 0 bridgehead atoms. The van der Waals surface area contributed by atoms with Gasteiger partial charge in [-0.1, -0.05) is 40.9 Å². The third kappa shape index (κ3) is 3.91. The van der Waals surface area contributed by atoms with E-state index in [1.54, 1.807) is 31.2 Å². The van der Waals surface area contributed by atoms with Crippen LogP contribution in [0.3, 0.4) is 0 Å². The van der Waals surface area contributed by atoms with Crippen molar-refractivity contribution in [2.75, 3.05) is 5.32 Å². The molecule has 0 unspecified atom stereocenters. The highest BCUT2D eigenvalue weighted by molar-refractivity contribution is 6.40. The zero-order valence-electron chi connectivity index (χ0n) is 11.4. The van der Waals surface area contributed by atoms with Crippen LogP contribution in [0.25, 0.3) is 0 Å². The van der Waals surface area contributed by atoms with Crippen molar-refractivity contribution in [1.82, 2.24) is 5.32 Å². The highest BCUT2D eigenvalue weighted by Gasteiger charge is 2.17. The number of anilines is 1. The Morgan fingerprint density at radius 1 is 1.00 bits per heavy atom. The minimum atomic E-state index is -0.689. The predicted molar refractivity (Wildman–Crippen MR) is 89.1 cm³/mol. The number of halogens is 3. The molecule has 0 fully saturated rings. The van der Waals surface area contributed by atoms with E-state index in [1.807, 2.05) is 0 Å². The maximum absolute atomic E-state index is 12.1. The molecule has 2 aromatic rings. The van der Waals surface area contributed by atoms with Gasteiger partial charge in [-0.2, -0.15) is 0 Å². The molecule has 2 aromatic carbocycles. The van der Waals surface area contributed by atoms with E-state index in [0.29, 0.717) is 10.7 Å². The van der Waals surface area contributed by atoms with Crippen molar-refractivity contribution in [2.45, 2.75) is 6.92 Å². The van der Waals surface area contributed by atoms with Crippen LogP contribution in [0.2, 0.25) is 15.1 Å². The largest absolute Gasteiger partial charge is 0.326 e. The summed E-state index contributed by atoms with van der Waals surface area (Å²) in [4.78, 5) is 24.0. The van der Waals surface area contributed by atoms with E-state index >= 15 is 0 Å². The van der Waals surface area contributed by atoms with Gasteiger partial charge in [0.15, 0.2) is 0 Å². The van der Waals surface area contributed by atoms with Gasteiger partial charge in [0.1, 0.15) is 0 Å². The van der Waals surface area contributed by atoms with Gasteiger partial charge in [-0.3, -0.25) is 10.1 Å². The summed E-state index contributed by atoms with van der Waals surface area (Å²) in [6.45, 7) is 1.79. The van der Waals surface area contributed by atoms with Crippen molar-refractivity contribution >= 4 is 52.4 Å². The molecular weight excluding hydrogens is 347 g/mol. The summed E-state index contributed by atoms with van der Waals surface area (Å²) in [7, 11) is 0. The lowest BCUT2D eigenvalue weighted by Crippen LogP contribution is -2.34. The van der Waals surface area contributed by atoms with E-state index in [0.717, 1.165) is 5.56 Å². The molecule has 0 spiro atoms. The zero-order chi connectivity index (χ0) is 16.3. The van der Waals surface area contributed by atoms with E-state index in [4.69, 9.17) is 34.8 Å². The van der Waals surface area contributed by atoms with Gasteiger partial charge in [0.2, 0.25) is 0 Å². The first-order chi connectivity index (χ1) is 10.4. The molecule has 0 aliphatic rings. The Hall–Kier alpha value is -1.75. The fraction of sp³-hybridized carbons (Fsp3) is 0.0667. The molecule has 0 saturated heterocycles. The number of hydrogen-bond donors (Lipinski definition) is 2. The summed E-state index contributed by atoms with van der Waals surface area (Å²) in [5, 5.41) is 5.63. The Morgan fingerprint density at radius 3 is 2.23 bits per heavy atom. The number of urea groups is 1. The van der Waals surface area contributed by atoms with E-state index in [-0.39, 0.29) is 15.6 Å². The molecular formula is C15H11Cl3N2O2. The molecule has 0 aliphatic heterocycles. The van der Waals surface area contributed by atoms with Gasteiger partial charge in [0, 0.05) is 10.7 Å². The molecule has 0 aliphatic carbocycles. The third-order valence-corrected chi connectivity index (χ3v) is 3.72. The van der Waals surface area contributed by atoms with Gasteiger partial charge in [0.25, 0.3) is 5.91 Å². The molecule has 114 valence electrons. The number of hydrogen-bond acceptors (Lipinski definition) is 2. The summed E-state index contributed by atoms with van der Waals surface area (Å²) in [6.07, 6.45) is 0. The Morgan fingerprint density at radius 2 is 1.64 bits per heavy atom. The minimum absolute atomic E-state index is 0.0498. The molecule has 0 heterocycles. The van der Waals surface area contributed by atoms with Crippen LogP contribution >= 0.6 is 34.8 Å². The normalized spacial score (nSPS) is 10.2. The van der Waals surface area contributed by atoms with Crippen LogP contribution in [0.1, 0.15) is 15.9 Å². The quantitative estimate of drug-likeness (QED) is 0.801. The Labute approximate surface area is 142 Å². The number of nitrogens with one attached hydrogen (secondary N) is 2. The lowest BCUT2D eigenvalue weighted by molar-refractivity contribution is 0.0967. The first-order valence-electron chi connectivity index (χ1n) is 6.21. The Kier molecular flexibility index (Phi) is 5.29. The zero-order valence-corrected chi connectivity index (χ0v) is 13.7. The molecule has 7 heteroatoms. The molecule has 3 amide bonds. The second-order valence-electron chi connectivity index (χ2n) is 4.46. The van der Waals surface area contributed by atoms with Crippen LogP contribution in [-0.4, -0.2) is 11.9 Å². The molecule has 2 N–H and O–H groups in total. The molecule has 22 heavy (non-hydrogen) atoms. The Balaban J connectivity index is 2.10. The number of rotatable bonds is 2. The molecule has 2 rings (SSSR count). The number of imide groups is 1. The van der Waals surface area contributed by atoms with Gasteiger partial charge < -0.3 is 5.32 Å². The number of benzene rings is 2. The SMILES string of the molecule is Cc1cc(Cl)ccc1NC(=O)NC(=O)c1c(Cl)cccc1Cl. The summed E-state index contributed by atoms with van der Waals surface area (Å²) in [5.41, 5.74) is 1.36. The van der Waals surface area contributed by atoms with Gasteiger partial charge in [0.05, 0.1) is 15.6 Å². The fourth-order valence-electron chi connectivity index (χ4n) is 1.80. The predicted octanol–water partition coefficient (Wildman–Crippen LogP) is 4.92. The smallest absolute Gasteiger partial charge is 0.307 e. The van der Waals surface area contributed by atoms with Gasteiger partial charge in [-0.05, 0) is 42.8 Å². The average molecular weight is 358 g/mol. The van der Waals surface area contributed by atoms with Gasteiger partial charge in [-0.25, -0.2) is 4.79 Å². The first-order valence-corrected chi connectivity index (χ1v) is 7.34. The van der Waals surface area contributed by atoms with Crippen molar-refractivity contribution in [3.63, 3.8) is 0 Å². The number of amides is 3. The highest BCUT2D eigenvalue weighted by atomic mass is 35.5.